The van der Waals surface area contributed by atoms with Crippen LogP contribution in [0.3, 0.4) is 0 Å². The molecule has 0 atom stereocenters. The average molecular weight is 421 g/mol. The lowest BCUT2D eigenvalue weighted by atomic mass is 10.2. The SMILES string of the molecule is CN=C(NCCCS(C)(=O)=O)N(C)Cc1cc(C)n(-c2ccc(OC)cc2)c1C. The van der Waals surface area contributed by atoms with Crippen LogP contribution < -0.4 is 10.1 Å². The van der Waals surface area contributed by atoms with Crippen molar-refractivity contribution in [3.63, 3.8) is 0 Å². The van der Waals surface area contributed by atoms with E-state index in [4.69, 9.17) is 4.74 Å². The van der Waals surface area contributed by atoms with E-state index in [2.05, 4.69) is 46.9 Å². The Kier molecular flexibility index (Phi) is 7.73. The zero-order valence-electron chi connectivity index (χ0n) is 18.2. The molecule has 7 nitrogen and oxygen atoms in total. The highest BCUT2D eigenvalue weighted by Gasteiger charge is 2.14. The number of ether oxygens (including phenoxy) is 1. The molecule has 0 unspecified atom stereocenters. The second kappa shape index (κ2) is 9.82. The number of aliphatic imine (C=N–C) groups is 1. The summed E-state index contributed by atoms with van der Waals surface area (Å²) in [4.78, 5) is 6.36. The van der Waals surface area contributed by atoms with Crippen LogP contribution >= 0.6 is 0 Å². The van der Waals surface area contributed by atoms with E-state index in [0.717, 1.165) is 23.1 Å². The molecule has 0 saturated heterocycles. The van der Waals surface area contributed by atoms with E-state index in [0.29, 0.717) is 19.5 Å². The summed E-state index contributed by atoms with van der Waals surface area (Å²) in [5.74, 6) is 1.75. The lowest BCUT2D eigenvalue weighted by molar-refractivity contribution is 0.414. The molecule has 29 heavy (non-hydrogen) atoms. The second-order valence-corrected chi connectivity index (χ2v) is 9.50. The largest absolute Gasteiger partial charge is 0.497 e. The summed E-state index contributed by atoms with van der Waals surface area (Å²) >= 11 is 0. The van der Waals surface area contributed by atoms with E-state index in [1.54, 1.807) is 14.2 Å². The van der Waals surface area contributed by atoms with Gasteiger partial charge < -0.3 is 19.5 Å². The Balaban J connectivity index is 2.08. The van der Waals surface area contributed by atoms with Crippen molar-refractivity contribution in [2.45, 2.75) is 26.8 Å². The number of aromatic nitrogens is 1. The monoisotopic (exact) mass is 420 g/mol. The van der Waals surface area contributed by atoms with Gasteiger partial charge in [-0.25, -0.2) is 8.42 Å². The molecule has 0 aliphatic rings. The Bertz CT molecular complexity index is 947. The number of nitrogens with one attached hydrogen (secondary N) is 1. The van der Waals surface area contributed by atoms with Crippen molar-refractivity contribution < 1.29 is 13.2 Å². The van der Waals surface area contributed by atoms with Crippen LogP contribution in [0.5, 0.6) is 5.75 Å². The number of benzene rings is 1. The number of guanidine groups is 1. The lowest BCUT2D eigenvalue weighted by Crippen LogP contribution is -2.39. The predicted octanol–water partition coefficient (Wildman–Crippen LogP) is 2.54. The molecule has 0 aliphatic heterocycles. The molecule has 0 aliphatic carbocycles. The van der Waals surface area contributed by atoms with Crippen LogP contribution in [-0.2, 0) is 16.4 Å². The van der Waals surface area contributed by atoms with Crippen LogP contribution in [0.25, 0.3) is 5.69 Å². The number of methoxy groups -OCH3 is 1. The number of hydrogen-bond donors (Lipinski definition) is 1. The van der Waals surface area contributed by atoms with E-state index >= 15 is 0 Å². The minimum Gasteiger partial charge on any atom is -0.497 e. The van der Waals surface area contributed by atoms with E-state index in [1.165, 1.54) is 17.5 Å². The molecule has 0 radical (unpaired) electrons. The van der Waals surface area contributed by atoms with Crippen LogP contribution in [-0.4, -0.2) is 63.6 Å². The number of hydrogen-bond acceptors (Lipinski definition) is 4. The highest BCUT2D eigenvalue weighted by atomic mass is 32.2. The summed E-state index contributed by atoms with van der Waals surface area (Å²) in [5, 5.41) is 3.24. The van der Waals surface area contributed by atoms with Gasteiger partial charge in [-0.05, 0) is 56.2 Å². The first kappa shape index (κ1) is 22.8. The van der Waals surface area contributed by atoms with Gasteiger partial charge in [0.1, 0.15) is 15.6 Å². The van der Waals surface area contributed by atoms with Crippen molar-refractivity contribution in [3.05, 3.63) is 47.3 Å². The third-order valence-electron chi connectivity index (χ3n) is 4.82. The van der Waals surface area contributed by atoms with Gasteiger partial charge in [0.25, 0.3) is 0 Å². The van der Waals surface area contributed by atoms with Gasteiger partial charge in [0.05, 0.1) is 12.9 Å². The number of rotatable bonds is 8. The van der Waals surface area contributed by atoms with Gasteiger partial charge in [-0.2, -0.15) is 0 Å². The zero-order chi connectivity index (χ0) is 21.6. The normalized spacial score (nSPS) is 12.1. The van der Waals surface area contributed by atoms with Gasteiger partial charge in [-0.15, -0.1) is 0 Å². The molecule has 2 rings (SSSR count). The third-order valence-corrected chi connectivity index (χ3v) is 5.85. The molecule has 0 fully saturated rings. The van der Waals surface area contributed by atoms with Crippen LogP contribution in [0.1, 0.15) is 23.4 Å². The Hall–Kier alpha value is -2.48. The molecule has 0 saturated carbocycles. The van der Waals surface area contributed by atoms with Gasteiger partial charge in [0, 0.05) is 50.5 Å². The average Bonchev–Trinajstić information content (AvgIpc) is 2.94. The zero-order valence-corrected chi connectivity index (χ0v) is 19.0. The van der Waals surface area contributed by atoms with Gasteiger partial charge >= 0.3 is 0 Å². The molecule has 0 bridgehead atoms. The van der Waals surface area contributed by atoms with Crippen molar-refractivity contribution in [1.29, 1.82) is 0 Å². The van der Waals surface area contributed by atoms with Crippen molar-refractivity contribution in [3.8, 4) is 11.4 Å². The van der Waals surface area contributed by atoms with Gasteiger partial charge in [0.15, 0.2) is 5.96 Å². The highest BCUT2D eigenvalue weighted by Crippen LogP contribution is 2.23. The third kappa shape index (κ3) is 6.25. The van der Waals surface area contributed by atoms with Gasteiger partial charge in [-0.1, -0.05) is 0 Å². The molecule has 8 heteroatoms. The molecule has 160 valence electrons. The maximum Gasteiger partial charge on any atom is 0.193 e. The predicted molar refractivity (Wildman–Crippen MR) is 119 cm³/mol. The summed E-state index contributed by atoms with van der Waals surface area (Å²) in [5.41, 5.74) is 4.64. The van der Waals surface area contributed by atoms with Crippen LogP contribution in [0, 0.1) is 13.8 Å². The van der Waals surface area contributed by atoms with Crippen molar-refractivity contribution >= 4 is 15.8 Å². The maximum absolute atomic E-state index is 11.3. The van der Waals surface area contributed by atoms with Crippen molar-refractivity contribution in [2.75, 3.05) is 39.8 Å². The Morgan fingerprint density at radius 3 is 2.45 bits per heavy atom. The molecular weight excluding hydrogens is 388 g/mol. The molecule has 1 aromatic carbocycles. The Morgan fingerprint density at radius 2 is 1.90 bits per heavy atom. The fourth-order valence-electron chi connectivity index (χ4n) is 3.37. The number of aryl methyl sites for hydroxylation is 1. The van der Waals surface area contributed by atoms with Crippen LogP contribution in [0.2, 0.25) is 0 Å². The molecule has 0 amide bonds. The first-order chi connectivity index (χ1) is 13.7. The summed E-state index contributed by atoms with van der Waals surface area (Å²) in [6.07, 6.45) is 1.81. The quantitative estimate of drug-likeness (QED) is 0.404. The van der Waals surface area contributed by atoms with E-state index in [-0.39, 0.29) is 5.75 Å². The smallest absolute Gasteiger partial charge is 0.193 e. The van der Waals surface area contributed by atoms with Crippen LogP contribution in [0.15, 0.2) is 35.3 Å². The van der Waals surface area contributed by atoms with Crippen LogP contribution in [0.4, 0.5) is 0 Å². The molecule has 1 heterocycles. The van der Waals surface area contributed by atoms with E-state index in [9.17, 15) is 8.42 Å². The standard InChI is InChI=1S/C21H32N4O3S/c1-16-14-18(17(2)25(16)19-8-10-20(28-5)11-9-19)15-24(4)21(22-3)23-12-7-13-29(6,26)27/h8-11,14H,7,12-13,15H2,1-6H3,(H,22,23). The summed E-state index contributed by atoms with van der Waals surface area (Å²) in [6, 6.07) is 10.2. The maximum atomic E-state index is 11.3. The first-order valence-corrected chi connectivity index (χ1v) is 11.6. The summed E-state index contributed by atoms with van der Waals surface area (Å²) < 4.78 is 30.0. The second-order valence-electron chi connectivity index (χ2n) is 7.24. The minimum atomic E-state index is -2.94. The highest BCUT2D eigenvalue weighted by molar-refractivity contribution is 7.90. The van der Waals surface area contributed by atoms with Crippen molar-refractivity contribution in [2.24, 2.45) is 4.99 Å². The summed E-state index contributed by atoms with van der Waals surface area (Å²) in [6.45, 7) is 5.47. The lowest BCUT2D eigenvalue weighted by Gasteiger charge is -2.22. The molecule has 1 N–H and O–H groups in total. The Morgan fingerprint density at radius 1 is 1.24 bits per heavy atom. The minimum absolute atomic E-state index is 0.170. The topological polar surface area (TPSA) is 75.9 Å². The molecule has 1 aromatic heterocycles. The fraction of sp³-hybridized carbons (Fsp3) is 0.476. The van der Waals surface area contributed by atoms with Crippen molar-refractivity contribution in [1.82, 2.24) is 14.8 Å². The first-order valence-electron chi connectivity index (χ1n) is 9.58. The Labute approximate surface area is 174 Å². The fourth-order valence-corrected chi connectivity index (χ4v) is 4.04. The van der Waals surface area contributed by atoms with E-state index < -0.39 is 9.84 Å². The summed E-state index contributed by atoms with van der Waals surface area (Å²) in [7, 11) is 2.43. The van der Waals surface area contributed by atoms with Gasteiger partial charge in [0.2, 0.25) is 0 Å². The van der Waals surface area contributed by atoms with Gasteiger partial charge in [-0.3, -0.25) is 4.99 Å². The molecular formula is C21H32N4O3S. The molecule has 2 aromatic rings. The molecule has 0 spiro atoms. The number of sulfone groups is 1. The number of nitrogens with zero attached hydrogens (tertiary/aromatic N) is 3. The van der Waals surface area contributed by atoms with E-state index in [1.807, 2.05) is 24.1 Å².